The first-order chi connectivity index (χ1) is 7.75. The van der Waals surface area contributed by atoms with Gasteiger partial charge in [0.05, 0.1) is 15.1 Å². The molecule has 0 N–H and O–H groups in total. The predicted molar refractivity (Wildman–Crippen MR) is 72.4 cm³/mol. The monoisotopic (exact) mass is 245 g/mol. The van der Waals surface area contributed by atoms with Crippen molar-refractivity contribution < 1.29 is 0 Å². The van der Waals surface area contributed by atoms with Gasteiger partial charge in [0.1, 0.15) is 5.01 Å². The molecule has 3 heteroatoms. The molecule has 16 heavy (non-hydrogen) atoms. The highest BCUT2D eigenvalue weighted by Crippen LogP contribution is 2.35. The lowest BCUT2D eigenvalue weighted by atomic mass is 10.1. The Bertz CT molecular complexity index is 596. The van der Waals surface area contributed by atoms with Crippen LogP contribution in [0.25, 0.3) is 20.1 Å². The van der Waals surface area contributed by atoms with Gasteiger partial charge in [0.25, 0.3) is 0 Å². The van der Waals surface area contributed by atoms with Crippen LogP contribution < -0.4 is 0 Å². The van der Waals surface area contributed by atoms with Gasteiger partial charge >= 0.3 is 0 Å². The summed E-state index contributed by atoms with van der Waals surface area (Å²) in [5.74, 6) is 0. The quantitative estimate of drug-likeness (QED) is 0.608. The fourth-order valence-electron chi connectivity index (χ4n) is 1.76. The van der Waals surface area contributed by atoms with Crippen LogP contribution in [0, 0.1) is 13.8 Å². The van der Waals surface area contributed by atoms with Crippen molar-refractivity contribution in [2.75, 3.05) is 0 Å². The van der Waals surface area contributed by atoms with E-state index in [1.165, 1.54) is 20.7 Å². The van der Waals surface area contributed by atoms with Crippen molar-refractivity contribution in [1.82, 2.24) is 4.98 Å². The fraction of sp³-hybridized carbons (Fsp3) is 0.154. The van der Waals surface area contributed by atoms with Gasteiger partial charge in [-0.05, 0) is 36.4 Å². The molecule has 0 aliphatic rings. The van der Waals surface area contributed by atoms with Crippen molar-refractivity contribution in [2.45, 2.75) is 13.8 Å². The summed E-state index contributed by atoms with van der Waals surface area (Å²) in [6, 6.07) is 8.53. The summed E-state index contributed by atoms with van der Waals surface area (Å²) in [6.45, 7) is 4.28. The summed E-state index contributed by atoms with van der Waals surface area (Å²) in [4.78, 5) is 6.01. The molecule has 0 bridgehead atoms. The van der Waals surface area contributed by atoms with E-state index in [9.17, 15) is 0 Å². The zero-order chi connectivity index (χ0) is 11.1. The van der Waals surface area contributed by atoms with Crippen molar-refractivity contribution in [3.63, 3.8) is 0 Å². The number of thiazole rings is 1. The highest BCUT2D eigenvalue weighted by molar-refractivity contribution is 7.25. The van der Waals surface area contributed by atoms with E-state index in [1.54, 1.807) is 22.7 Å². The van der Waals surface area contributed by atoms with E-state index in [2.05, 4.69) is 43.5 Å². The van der Waals surface area contributed by atoms with Crippen LogP contribution in [0.3, 0.4) is 0 Å². The normalized spacial score (nSPS) is 11.1. The minimum Gasteiger partial charge on any atom is -0.235 e. The van der Waals surface area contributed by atoms with Crippen LogP contribution in [-0.4, -0.2) is 4.98 Å². The number of thiophene rings is 1. The molecule has 3 rings (SSSR count). The maximum Gasteiger partial charge on any atom is 0.134 e. The maximum absolute atomic E-state index is 4.74. The maximum atomic E-state index is 4.74. The Morgan fingerprint density at radius 1 is 1.06 bits per heavy atom. The van der Waals surface area contributed by atoms with E-state index in [1.807, 2.05) is 0 Å². The lowest BCUT2D eigenvalue weighted by Crippen LogP contribution is -1.78. The molecule has 2 aromatic heterocycles. The Morgan fingerprint density at radius 2 is 1.88 bits per heavy atom. The summed E-state index contributed by atoms with van der Waals surface area (Å²) in [6.07, 6.45) is 0. The number of fused-ring (bicyclic) bond motifs is 1. The molecule has 0 aliphatic carbocycles. The van der Waals surface area contributed by atoms with Gasteiger partial charge in [0.15, 0.2) is 0 Å². The van der Waals surface area contributed by atoms with Gasteiger partial charge in [0.2, 0.25) is 0 Å². The van der Waals surface area contributed by atoms with E-state index < -0.39 is 0 Å². The molecule has 80 valence electrons. The standard InChI is InChI=1S/C13H11NS2/c1-8-5-6-9(2)12-11(8)14-13(16-12)10-4-3-7-15-10/h3-7H,1-2H3. The number of aromatic nitrogens is 1. The van der Waals surface area contributed by atoms with Gasteiger partial charge in [-0.2, -0.15) is 0 Å². The van der Waals surface area contributed by atoms with Crippen LogP contribution in [0.1, 0.15) is 11.1 Å². The Balaban J connectivity index is 2.31. The summed E-state index contributed by atoms with van der Waals surface area (Å²) in [5.41, 5.74) is 3.74. The van der Waals surface area contributed by atoms with E-state index in [4.69, 9.17) is 4.98 Å². The molecule has 0 fully saturated rings. The van der Waals surface area contributed by atoms with Crippen LogP contribution in [-0.2, 0) is 0 Å². The minimum absolute atomic E-state index is 1.14. The van der Waals surface area contributed by atoms with Crippen molar-refractivity contribution >= 4 is 32.9 Å². The lowest BCUT2D eigenvalue weighted by Gasteiger charge is -1.96. The van der Waals surface area contributed by atoms with Crippen LogP contribution in [0.15, 0.2) is 29.6 Å². The third-order valence-corrected chi connectivity index (χ3v) is 4.90. The number of nitrogens with zero attached hydrogens (tertiary/aromatic N) is 1. The second kappa shape index (κ2) is 3.68. The molecular formula is C13H11NS2. The molecule has 1 nitrogen and oxygen atoms in total. The molecular weight excluding hydrogens is 234 g/mol. The van der Waals surface area contributed by atoms with Gasteiger partial charge < -0.3 is 0 Å². The predicted octanol–water partition coefficient (Wildman–Crippen LogP) is 4.64. The smallest absolute Gasteiger partial charge is 0.134 e. The number of aryl methyl sites for hydroxylation is 2. The Kier molecular flexibility index (Phi) is 2.30. The average Bonchev–Trinajstić information content (AvgIpc) is 2.90. The van der Waals surface area contributed by atoms with E-state index >= 15 is 0 Å². The third kappa shape index (κ3) is 1.47. The van der Waals surface area contributed by atoms with Crippen LogP contribution in [0.5, 0.6) is 0 Å². The first-order valence-electron chi connectivity index (χ1n) is 5.16. The van der Waals surface area contributed by atoms with Crippen LogP contribution >= 0.6 is 22.7 Å². The lowest BCUT2D eigenvalue weighted by molar-refractivity contribution is 1.41. The second-order valence-electron chi connectivity index (χ2n) is 3.87. The number of hydrogen-bond donors (Lipinski definition) is 0. The molecule has 2 heterocycles. The highest BCUT2D eigenvalue weighted by atomic mass is 32.1. The molecule has 0 amide bonds. The SMILES string of the molecule is Cc1ccc(C)c2sc(-c3cccs3)nc12. The molecule has 0 atom stereocenters. The van der Waals surface area contributed by atoms with Gasteiger partial charge in [-0.1, -0.05) is 18.2 Å². The molecule has 1 aromatic carbocycles. The zero-order valence-electron chi connectivity index (χ0n) is 9.15. The summed E-state index contributed by atoms with van der Waals surface area (Å²) < 4.78 is 1.32. The summed E-state index contributed by atoms with van der Waals surface area (Å²) in [5, 5.41) is 3.24. The topological polar surface area (TPSA) is 12.9 Å². The minimum atomic E-state index is 1.14. The molecule has 3 aromatic rings. The zero-order valence-corrected chi connectivity index (χ0v) is 10.8. The Hall–Kier alpha value is -1.19. The van der Waals surface area contributed by atoms with Crippen LogP contribution in [0.4, 0.5) is 0 Å². The van der Waals surface area contributed by atoms with Gasteiger partial charge in [-0.15, -0.1) is 22.7 Å². The highest BCUT2D eigenvalue weighted by Gasteiger charge is 2.10. The molecule has 0 aliphatic heterocycles. The van der Waals surface area contributed by atoms with E-state index in [0.717, 1.165) is 10.5 Å². The van der Waals surface area contributed by atoms with Crippen molar-refractivity contribution in [3.8, 4) is 9.88 Å². The molecule has 0 unspecified atom stereocenters. The fourth-order valence-corrected chi connectivity index (χ4v) is 3.67. The largest absolute Gasteiger partial charge is 0.235 e. The van der Waals surface area contributed by atoms with Gasteiger partial charge in [-0.25, -0.2) is 4.98 Å². The number of rotatable bonds is 1. The first-order valence-corrected chi connectivity index (χ1v) is 6.86. The summed E-state index contributed by atoms with van der Waals surface area (Å²) in [7, 11) is 0. The van der Waals surface area contributed by atoms with Gasteiger partial charge in [-0.3, -0.25) is 0 Å². The summed E-state index contributed by atoms with van der Waals surface area (Å²) >= 11 is 3.55. The van der Waals surface area contributed by atoms with Crippen LogP contribution in [0.2, 0.25) is 0 Å². The second-order valence-corrected chi connectivity index (χ2v) is 5.82. The molecule has 0 spiro atoms. The van der Waals surface area contributed by atoms with Crippen molar-refractivity contribution in [2.24, 2.45) is 0 Å². The van der Waals surface area contributed by atoms with Crippen molar-refractivity contribution in [1.29, 1.82) is 0 Å². The molecule has 0 saturated heterocycles. The van der Waals surface area contributed by atoms with E-state index in [-0.39, 0.29) is 0 Å². The van der Waals surface area contributed by atoms with Crippen molar-refractivity contribution in [3.05, 3.63) is 40.8 Å². The number of benzene rings is 1. The van der Waals surface area contributed by atoms with Gasteiger partial charge in [0, 0.05) is 0 Å². The van der Waals surface area contributed by atoms with E-state index in [0.29, 0.717) is 0 Å². The Morgan fingerprint density at radius 3 is 2.56 bits per heavy atom. The average molecular weight is 245 g/mol. The molecule has 0 radical (unpaired) electrons. The molecule has 0 saturated carbocycles. The number of hydrogen-bond acceptors (Lipinski definition) is 3. The third-order valence-electron chi connectivity index (χ3n) is 2.67. The first kappa shape index (κ1) is 10.00. The Labute approximate surface area is 102 Å².